The third-order valence-electron chi connectivity index (χ3n) is 5.19. The highest BCUT2D eigenvalue weighted by Gasteiger charge is 2.39. The van der Waals surface area contributed by atoms with Crippen LogP contribution in [-0.2, 0) is 20.4 Å². The van der Waals surface area contributed by atoms with Gasteiger partial charge < -0.3 is 14.8 Å². The average Bonchev–Trinajstić information content (AvgIpc) is 3.41. The number of aromatic nitrogens is 2. The van der Waals surface area contributed by atoms with E-state index < -0.39 is 35.8 Å². The first-order valence-corrected chi connectivity index (χ1v) is 11.2. The lowest BCUT2D eigenvalue weighted by Crippen LogP contribution is -2.26. The number of carbonyl (C=O) groups excluding carboxylic acids is 3. The molecule has 1 aliphatic carbocycles. The average molecular weight is 488 g/mol. The van der Waals surface area contributed by atoms with E-state index in [9.17, 15) is 27.6 Å². The van der Waals surface area contributed by atoms with E-state index >= 15 is 0 Å². The Labute approximate surface area is 192 Å². The van der Waals surface area contributed by atoms with Gasteiger partial charge in [0.15, 0.2) is 5.69 Å². The van der Waals surface area contributed by atoms with Crippen molar-refractivity contribution < 1.29 is 37.0 Å². The van der Waals surface area contributed by atoms with E-state index in [0.717, 1.165) is 34.9 Å². The molecule has 2 aromatic heterocycles. The molecule has 0 aromatic carbocycles. The number of amides is 1. The van der Waals surface area contributed by atoms with Crippen molar-refractivity contribution in [1.29, 1.82) is 0 Å². The number of rotatable bonds is 8. The normalized spacial score (nSPS) is 14.6. The van der Waals surface area contributed by atoms with Gasteiger partial charge in [0.05, 0.1) is 19.3 Å². The highest BCUT2D eigenvalue weighted by Crippen LogP contribution is 2.43. The summed E-state index contributed by atoms with van der Waals surface area (Å²) in [5, 5.41) is 6.26. The van der Waals surface area contributed by atoms with Crippen LogP contribution in [0.25, 0.3) is 0 Å². The second-order valence-corrected chi connectivity index (χ2v) is 8.74. The summed E-state index contributed by atoms with van der Waals surface area (Å²) < 4.78 is 50.6. The largest absolute Gasteiger partial charge is 0.465 e. The summed E-state index contributed by atoms with van der Waals surface area (Å²) in [5.74, 6) is -2.18. The van der Waals surface area contributed by atoms with Gasteiger partial charge in [-0.15, -0.1) is 11.3 Å². The number of nitrogens with one attached hydrogen (secondary N) is 1. The fourth-order valence-electron chi connectivity index (χ4n) is 3.27. The van der Waals surface area contributed by atoms with Crippen LogP contribution in [0.2, 0.25) is 0 Å². The molecule has 180 valence electrons. The molecule has 1 atom stereocenters. The number of alkyl halides is 3. The van der Waals surface area contributed by atoms with Gasteiger partial charge in [-0.1, -0.05) is 6.92 Å². The quantitative estimate of drug-likeness (QED) is 0.542. The second kappa shape index (κ2) is 9.54. The van der Waals surface area contributed by atoms with Crippen LogP contribution in [0.4, 0.5) is 18.2 Å². The third-order valence-corrected chi connectivity index (χ3v) is 6.38. The zero-order chi connectivity index (χ0) is 24.5. The van der Waals surface area contributed by atoms with Gasteiger partial charge in [0.2, 0.25) is 5.91 Å². The van der Waals surface area contributed by atoms with E-state index in [-0.39, 0.29) is 33.5 Å². The monoisotopic (exact) mass is 487 g/mol. The number of thiophene rings is 1. The summed E-state index contributed by atoms with van der Waals surface area (Å²) in [4.78, 5) is 37.8. The standard InChI is InChI=1S/C21H24F3N3O5S/c1-5-8-32-19(29)15-10(2)16(20(30)31-4)33-18(15)25-17(28)11(3)27-13(12-6-7-12)9-14(26-27)21(22,23)24/h9,11-12H,5-8H2,1-4H3,(H,25,28). The van der Waals surface area contributed by atoms with Crippen LogP contribution < -0.4 is 5.32 Å². The molecular formula is C21H24F3N3O5S. The first-order chi connectivity index (χ1) is 15.5. The first-order valence-electron chi connectivity index (χ1n) is 10.4. The van der Waals surface area contributed by atoms with Crippen LogP contribution in [-0.4, -0.2) is 41.3 Å². The minimum Gasteiger partial charge on any atom is -0.465 e. The molecule has 2 heterocycles. The van der Waals surface area contributed by atoms with Gasteiger partial charge in [0.25, 0.3) is 0 Å². The van der Waals surface area contributed by atoms with Gasteiger partial charge in [0, 0.05) is 11.6 Å². The summed E-state index contributed by atoms with van der Waals surface area (Å²) in [6.45, 7) is 4.91. The molecule has 3 rings (SSSR count). The number of ether oxygens (including phenoxy) is 2. The number of carbonyl (C=O) groups is 3. The Morgan fingerprint density at radius 3 is 2.52 bits per heavy atom. The molecule has 0 radical (unpaired) electrons. The zero-order valence-corrected chi connectivity index (χ0v) is 19.4. The van der Waals surface area contributed by atoms with Crippen LogP contribution >= 0.6 is 11.3 Å². The summed E-state index contributed by atoms with van der Waals surface area (Å²) in [7, 11) is 1.19. The van der Waals surface area contributed by atoms with E-state index in [1.54, 1.807) is 0 Å². The molecule has 1 fully saturated rings. The van der Waals surface area contributed by atoms with Crippen molar-refractivity contribution in [3.63, 3.8) is 0 Å². The molecule has 0 bridgehead atoms. The van der Waals surface area contributed by atoms with Gasteiger partial charge in [-0.2, -0.15) is 18.3 Å². The Morgan fingerprint density at radius 1 is 1.30 bits per heavy atom. The summed E-state index contributed by atoms with van der Waals surface area (Å²) >= 11 is 0.837. The molecule has 0 spiro atoms. The first kappa shape index (κ1) is 24.7. The molecule has 0 saturated heterocycles. The molecule has 1 amide bonds. The number of anilines is 1. The van der Waals surface area contributed by atoms with E-state index in [0.29, 0.717) is 12.1 Å². The molecule has 8 nitrogen and oxygen atoms in total. The van der Waals surface area contributed by atoms with Crippen LogP contribution in [0.5, 0.6) is 0 Å². The number of halogens is 3. The maximum absolute atomic E-state index is 13.2. The SMILES string of the molecule is CCCOC(=O)c1c(NC(=O)C(C)n2nc(C(F)(F)F)cc2C2CC2)sc(C(=O)OC)c1C. The summed E-state index contributed by atoms with van der Waals surface area (Å²) in [6.07, 6.45) is -2.63. The Kier molecular flexibility index (Phi) is 7.15. The van der Waals surface area contributed by atoms with Crippen LogP contribution in [0.1, 0.15) is 82.1 Å². The third kappa shape index (κ3) is 5.21. The highest BCUT2D eigenvalue weighted by molar-refractivity contribution is 7.18. The van der Waals surface area contributed by atoms with Crippen molar-refractivity contribution >= 4 is 34.2 Å². The topological polar surface area (TPSA) is 99.5 Å². The summed E-state index contributed by atoms with van der Waals surface area (Å²) in [6, 6.07) is -0.125. The lowest BCUT2D eigenvalue weighted by atomic mass is 10.1. The van der Waals surface area contributed by atoms with Gasteiger partial charge in [0.1, 0.15) is 15.9 Å². The van der Waals surface area contributed by atoms with E-state index in [1.165, 1.54) is 21.0 Å². The van der Waals surface area contributed by atoms with Crippen molar-refractivity contribution in [2.75, 3.05) is 19.0 Å². The molecule has 0 aliphatic heterocycles. The highest BCUT2D eigenvalue weighted by atomic mass is 32.1. The fraction of sp³-hybridized carbons (Fsp3) is 0.524. The number of hydrogen-bond acceptors (Lipinski definition) is 7. The number of nitrogens with zero attached hydrogens (tertiary/aromatic N) is 2. The number of esters is 2. The van der Waals surface area contributed by atoms with E-state index in [1.807, 2.05) is 6.92 Å². The molecule has 12 heteroatoms. The molecule has 1 saturated carbocycles. The van der Waals surface area contributed by atoms with Crippen molar-refractivity contribution in [2.24, 2.45) is 0 Å². The smallest absolute Gasteiger partial charge is 0.435 e. The van der Waals surface area contributed by atoms with E-state index in [4.69, 9.17) is 9.47 Å². The van der Waals surface area contributed by atoms with Gasteiger partial charge in [-0.05, 0) is 44.7 Å². The lowest BCUT2D eigenvalue weighted by molar-refractivity contribution is -0.141. The Balaban J connectivity index is 1.93. The maximum Gasteiger partial charge on any atom is 0.435 e. The van der Waals surface area contributed by atoms with Crippen molar-refractivity contribution in [3.05, 3.63) is 33.5 Å². The Bertz CT molecular complexity index is 1070. The van der Waals surface area contributed by atoms with Crippen molar-refractivity contribution in [3.8, 4) is 0 Å². The number of hydrogen-bond donors (Lipinski definition) is 1. The van der Waals surface area contributed by atoms with Crippen molar-refractivity contribution in [1.82, 2.24) is 9.78 Å². The van der Waals surface area contributed by atoms with Crippen LogP contribution in [0.3, 0.4) is 0 Å². The molecular weight excluding hydrogens is 463 g/mol. The lowest BCUT2D eigenvalue weighted by Gasteiger charge is -2.16. The Morgan fingerprint density at radius 2 is 1.97 bits per heavy atom. The molecule has 33 heavy (non-hydrogen) atoms. The molecule has 2 aromatic rings. The fourth-order valence-corrected chi connectivity index (χ4v) is 4.39. The predicted octanol–water partition coefficient (Wildman–Crippen LogP) is 4.70. The summed E-state index contributed by atoms with van der Waals surface area (Å²) in [5.41, 5.74) is -0.431. The molecule has 1 N–H and O–H groups in total. The molecule has 1 aliphatic rings. The van der Waals surface area contributed by atoms with Gasteiger partial charge in [-0.25, -0.2) is 9.59 Å². The van der Waals surface area contributed by atoms with Crippen molar-refractivity contribution in [2.45, 2.75) is 58.2 Å². The van der Waals surface area contributed by atoms with Crippen LogP contribution in [0.15, 0.2) is 6.07 Å². The maximum atomic E-state index is 13.2. The Hall–Kier alpha value is -2.89. The minimum atomic E-state index is -4.64. The predicted molar refractivity (Wildman–Crippen MR) is 114 cm³/mol. The van der Waals surface area contributed by atoms with Gasteiger partial charge >= 0.3 is 18.1 Å². The van der Waals surface area contributed by atoms with Crippen LogP contribution in [0, 0.1) is 6.92 Å². The van der Waals surface area contributed by atoms with E-state index in [2.05, 4.69) is 10.4 Å². The van der Waals surface area contributed by atoms with Gasteiger partial charge in [-0.3, -0.25) is 9.48 Å². The number of methoxy groups -OCH3 is 1. The molecule has 1 unspecified atom stereocenters. The zero-order valence-electron chi connectivity index (χ0n) is 18.5. The second-order valence-electron chi connectivity index (χ2n) is 7.72. The minimum absolute atomic E-state index is 0.00765.